The number of halogens is 1. The highest BCUT2D eigenvalue weighted by Crippen LogP contribution is 2.25. The van der Waals surface area contributed by atoms with Gasteiger partial charge >= 0.3 is 0 Å². The van der Waals surface area contributed by atoms with Crippen LogP contribution in [0.4, 0.5) is 5.69 Å². The van der Waals surface area contributed by atoms with E-state index in [2.05, 4.69) is 50.4 Å². The number of hydrogen-bond donors (Lipinski definition) is 1. The lowest BCUT2D eigenvalue weighted by Crippen LogP contribution is -2.24. The SMILES string of the molecule is CNCC1CCN(c2cccc(Br)c2)C1. The number of nitrogens with zero attached hydrogens (tertiary/aromatic N) is 1. The Balaban J connectivity index is 2.01. The van der Waals surface area contributed by atoms with Crippen molar-refractivity contribution in [3.05, 3.63) is 28.7 Å². The summed E-state index contributed by atoms with van der Waals surface area (Å²) in [5, 5.41) is 3.26. The van der Waals surface area contributed by atoms with Crippen LogP contribution in [0.3, 0.4) is 0 Å². The van der Waals surface area contributed by atoms with Crippen LogP contribution < -0.4 is 10.2 Å². The first-order valence-corrected chi connectivity index (χ1v) is 6.24. The van der Waals surface area contributed by atoms with E-state index in [1.807, 2.05) is 7.05 Å². The minimum Gasteiger partial charge on any atom is -0.371 e. The second-order valence-corrected chi connectivity index (χ2v) is 5.05. The highest BCUT2D eigenvalue weighted by molar-refractivity contribution is 9.10. The quantitative estimate of drug-likeness (QED) is 0.907. The van der Waals surface area contributed by atoms with Gasteiger partial charge in [-0.3, -0.25) is 0 Å². The van der Waals surface area contributed by atoms with E-state index in [9.17, 15) is 0 Å². The van der Waals surface area contributed by atoms with Crippen LogP contribution in [0.25, 0.3) is 0 Å². The maximum Gasteiger partial charge on any atom is 0.0377 e. The Morgan fingerprint density at radius 3 is 3.13 bits per heavy atom. The van der Waals surface area contributed by atoms with Crippen molar-refractivity contribution in [3.63, 3.8) is 0 Å². The molecule has 0 aromatic heterocycles. The molecule has 82 valence electrons. The van der Waals surface area contributed by atoms with Crippen molar-refractivity contribution < 1.29 is 0 Å². The predicted molar refractivity (Wildman–Crippen MR) is 68.4 cm³/mol. The van der Waals surface area contributed by atoms with Crippen molar-refractivity contribution in [1.29, 1.82) is 0 Å². The number of nitrogens with one attached hydrogen (secondary N) is 1. The van der Waals surface area contributed by atoms with E-state index in [1.165, 1.54) is 25.2 Å². The van der Waals surface area contributed by atoms with Gasteiger partial charge in [0.2, 0.25) is 0 Å². The van der Waals surface area contributed by atoms with E-state index in [0.29, 0.717) is 0 Å². The van der Waals surface area contributed by atoms with Crippen LogP contribution in [0.15, 0.2) is 28.7 Å². The van der Waals surface area contributed by atoms with Crippen LogP contribution in [-0.2, 0) is 0 Å². The first-order valence-electron chi connectivity index (χ1n) is 5.44. The van der Waals surface area contributed by atoms with Crippen molar-refractivity contribution >= 4 is 21.6 Å². The maximum absolute atomic E-state index is 3.52. The zero-order valence-corrected chi connectivity index (χ0v) is 10.6. The van der Waals surface area contributed by atoms with Gasteiger partial charge < -0.3 is 10.2 Å². The van der Waals surface area contributed by atoms with Gasteiger partial charge in [0.15, 0.2) is 0 Å². The van der Waals surface area contributed by atoms with Crippen LogP contribution in [-0.4, -0.2) is 26.7 Å². The van der Waals surface area contributed by atoms with Gasteiger partial charge in [-0.25, -0.2) is 0 Å². The molecule has 0 bridgehead atoms. The van der Waals surface area contributed by atoms with Gasteiger partial charge in [0.1, 0.15) is 0 Å². The predicted octanol–water partition coefficient (Wildman–Crippen LogP) is 2.49. The Bertz CT molecular complexity index is 327. The summed E-state index contributed by atoms with van der Waals surface area (Å²) in [6, 6.07) is 8.56. The molecular formula is C12H17BrN2. The summed E-state index contributed by atoms with van der Waals surface area (Å²) in [7, 11) is 2.03. The molecule has 3 heteroatoms. The van der Waals surface area contributed by atoms with Crippen molar-refractivity contribution in [1.82, 2.24) is 5.32 Å². The summed E-state index contributed by atoms with van der Waals surface area (Å²) in [4.78, 5) is 2.47. The van der Waals surface area contributed by atoms with E-state index in [4.69, 9.17) is 0 Å². The lowest BCUT2D eigenvalue weighted by Gasteiger charge is -2.18. The average Bonchev–Trinajstić information content (AvgIpc) is 2.67. The van der Waals surface area contributed by atoms with Gasteiger partial charge in [-0.1, -0.05) is 22.0 Å². The molecule has 1 atom stereocenters. The van der Waals surface area contributed by atoms with Gasteiger partial charge in [0.05, 0.1) is 0 Å². The van der Waals surface area contributed by atoms with Crippen molar-refractivity contribution in [3.8, 4) is 0 Å². The molecule has 2 nitrogen and oxygen atoms in total. The van der Waals surface area contributed by atoms with Gasteiger partial charge in [-0.2, -0.15) is 0 Å². The molecular weight excluding hydrogens is 252 g/mol. The van der Waals surface area contributed by atoms with Crippen molar-refractivity contribution in [2.24, 2.45) is 5.92 Å². The van der Waals surface area contributed by atoms with Crippen molar-refractivity contribution in [2.75, 3.05) is 31.6 Å². The second kappa shape index (κ2) is 4.99. The molecule has 1 aliphatic rings. The van der Waals surface area contributed by atoms with Gasteiger partial charge in [-0.05, 0) is 44.1 Å². The number of anilines is 1. The molecule has 0 radical (unpaired) electrons. The van der Waals surface area contributed by atoms with E-state index in [-0.39, 0.29) is 0 Å². The summed E-state index contributed by atoms with van der Waals surface area (Å²) in [5.41, 5.74) is 1.34. The third-order valence-electron chi connectivity index (χ3n) is 2.95. The molecule has 1 aromatic carbocycles. The van der Waals surface area contributed by atoms with Crippen LogP contribution in [0, 0.1) is 5.92 Å². The molecule has 1 fully saturated rings. The molecule has 1 unspecified atom stereocenters. The number of hydrogen-bond acceptors (Lipinski definition) is 2. The minimum atomic E-state index is 0.800. The summed E-state index contributed by atoms with van der Waals surface area (Å²) < 4.78 is 1.16. The van der Waals surface area contributed by atoms with E-state index in [0.717, 1.165) is 16.9 Å². The molecule has 1 saturated heterocycles. The van der Waals surface area contributed by atoms with Crippen LogP contribution in [0.5, 0.6) is 0 Å². The molecule has 1 aliphatic heterocycles. The molecule has 1 heterocycles. The van der Waals surface area contributed by atoms with Crippen LogP contribution in [0.1, 0.15) is 6.42 Å². The molecule has 1 N–H and O–H groups in total. The highest BCUT2D eigenvalue weighted by atomic mass is 79.9. The standard InChI is InChI=1S/C12H17BrN2/c1-14-8-10-5-6-15(9-10)12-4-2-3-11(13)7-12/h2-4,7,10,14H,5-6,8-9H2,1H3. The summed E-state index contributed by atoms with van der Waals surface area (Å²) in [6.07, 6.45) is 1.30. The largest absolute Gasteiger partial charge is 0.371 e. The second-order valence-electron chi connectivity index (χ2n) is 4.14. The van der Waals surface area contributed by atoms with Gasteiger partial charge in [0.25, 0.3) is 0 Å². The average molecular weight is 269 g/mol. The maximum atomic E-state index is 3.52. The molecule has 0 saturated carbocycles. The van der Waals surface area contributed by atoms with Crippen LogP contribution >= 0.6 is 15.9 Å². The zero-order chi connectivity index (χ0) is 10.7. The smallest absolute Gasteiger partial charge is 0.0377 e. The minimum absolute atomic E-state index is 0.800. The lowest BCUT2D eigenvalue weighted by molar-refractivity contribution is 0.549. The number of rotatable bonds is 3. The normalized spacial score (nSPS) is 20.9. The Labute approximate surface area is 99.8 Å². The summed E-state index contributed by atoms with van der Waals surface area (Å²) in [6.45, 7) is 3.49. The van der Waals surface area contributed by atoms with Gasteiger partial charge in [-0.15, -0.1) is 0 Å². The molecule has 2 rings (SSSR count). The topological polar surface area (TPSA) is 15.3 Å². The zero-order valence-electron chi connectivity index (χ0n) is 9.04. The molecule has 1 aromatic rings. The Kier molecular flexibility index (Phi) is 3.65. The van der Waals surface area contributed by atoms with Crippen molar-refractivity contribution in [2.45, 2.75) is 6.42 Å². The third kappa shape index (κ3) is 2.73. The fourth-order valence-corrected chi connectivity index (χ4v) is 2.58. The van der Waals surface area contributed by atoms with E-state index < -0.39 is 0 Å². The first kappa shape index (κ1) is 11.0. The summed E-state index contributed by atoms with van der Waals surface area (Å²) in [5.74, 6) is 0.800. The molecule has 0 spiro atoms. The van der Waals surface area contributed by atoms with Crippen LogP contribution in [0.2, 0.25) is 0 Å². The lowest BCUT2D eigenvalue weighted by atomic mass is 10.1. The van der Waals surface area contributed by atoms with E-state index >= 15 is 0 Å². The molecule has 0 amide bonds. The molecule has 15 heavy (non-hydrogen) atoms. The molecule has 0 aliphatic carbocycles. The fraction of sp³-hybridized carbons (Fsp3) is 0.500. The number of benzene rings is 1. The Morgan fingerprint density at radius 1 is 1.53 bits per heavy atom. The monoisotopic (exact) mass is 268 g/mol. The van der Waals surface area contributed by atoms with E-state index in [1.54, 1.807) is 0 Å². The summed E-state index contributed by atoms with van der Waals surface area (Å²) >= 11 is 3.52. The third-order valence-corrected chi connectivity index (χ3v) is 3.45. The van der Waals surface area contributed by atoms with Gasteiger partial charge in [0, 0.05) is 23.2 Å². The first-order chi connectivity index (χ1) is 7.29. The Morgan fingerprint density at radius 2 is 2.40 bits per heavy atom. The Hall–Kier alpha value is -0.540. The fourth-order valence-electron chi connectivity index (χ4n) is 2.20. The highest BCUT2D eigenvalue weighted by Gasteiger charge is 2.21.